The number of allylic oxidation sites excluding steroid dienone is 1. The van der Waals surface area contributed by atoms with E-state index in [4.69, 9.17) is 26.3 Å². The maximum Gasteiger partial charge on any atom is 0.224 e. The Morgan fingerprint density at radius 2 is 1.83 bits per heavy atom. The first-order valence-corrected chi connectivity index (χ1v) is 6.70. The van der Waals surface area contributed by atoms with Crippen LogP contribution in [-0.2, 0) is 0 Å². The van der Waals surface area contributed by atoms with Gasteiger partial charge < -0.3 is 20.6 Å². The van der Waals surface area contributed by atoms with Crippen molar-refractivity contribution in [2.75, 3.05) is 14.2 Å². The van der Waals surface area contributed by atoms with Gasteiger partial charge in [-0.1, -0.05) is 24.3 Å². The maximum absolute atomic E-state index is 8.94. The Kier molecular flexibility index (Phi) is 5.02. The van der Waals surface area contributed by atoms with E-state index in [0.29, 0.717) is 17.3 Å². The summed E-state index contributed by atoms with van der Waals surface area (Å²) >= 11 is 0. The monoisotopic (exact) mass is 311 g/mol. The van der Waals surface area contributed by atoms with E-state index in [1.807, 2.05) is 24.3 Å². The van der Waals surface area contributed by atoms with Gasteiger partial charge in [-0.25, -0.2) is 5.84 Å². The molecule has 0 spiro atoms. The van der Waals surface area contributed by atoms with E-state index in [-0.39, 0.29) is 11.4 Å². The fourth-order valence-electron chi connectivity index (χ4n) is 2.06. The van der Waals surface area contributed by atoms with Crippen LogP contribution in [0, 0.1) is 11.3 Å². The smallest absolute Gasteiger partial charge is 0.224 e. The van der Waals surface area contributed by atoms with Gasteiger partial charge in [-0.15, -0.1) is 0 Å². The fourth-order valence-corrected chi connectivity index (χ4v) is 2.06. The molecule has 0 unspecified atom stereocenters. The minimum atomic E-state index is 0.112. The van der Waals surface area contributed by atoms with Crippen molar-refractivity contribution in [3.63, 3.8) is 0 Å². The summed E-state index contributed by atoms with van der Waals surface area (Å²) in [6.07, 6.45) is 0. The molecule has 1 aromatic carbocycles. The lowest BCUT2D eigenvalue weighted by Crippen LogP contribution is -2.23. The summed E-state index contributed by atoms with van der Waals surface area (Å²) < 4.78 is 10.4. The highest BCUT2D eigenvalue weighted by molar-refractivity contribution is 5.74. The Hall–Kier alpha value is -3.24. The molecule has 0 saturated carbocycles. The van der Waals surface area contributed by atoms with Crippen molar-refractivity contribution in [3.05, 3.63) is 47.7 Å². The number of pyridine rings is 1. The summed E-state index contributed by atoms with van der Waals surface area (Å²) in [6, 6.07) is 12.8. The quantitative estimate of drug-likeness (QED) is 0.433. The molecule has 0 atom stereocenters. The van der Waals surface area contributed by atoms with Crippen LogP contribution in [0.1, 0.15) is 5.56 Å². The maximum atomic E-state index is 8.94. The molecule has 0 bridgehead atoms. The Morgan fingerprint density at radius 3 is 2.35 bits per heavy atom. The van der Waals surface area contributed by atoms with Crippen molar-refractivity contribution in [3.8, 4) is 29.0 Å². The summed E-state index contributed by atoms with van der Waals surface area (Å²) in [5.41, 5.74) is 11.0. The lowest BCUT2D eigenvalue weighted by Gasteiger charge is -2.10. The van der Waals surface area contributed by atoms with Gasteiger partial charge in [0.05, 0.1) is 19.9 Å². The zero-order valence-corrected chi connectivity index (χ0v) is 12.8. The molecule has 7 nitrogen and oxygen atoms in total. The van der Waals surface area contributed by atoms with Crippen LogP contribution >= 0.6 is 0 Å². The highest BCUT2D eigenvalue weighted by Gasteiger charge is 2.10. The van der Waals surface area contributed by atoms with Gasteiger partial charge in [-0.05, 0) is 11.6 Å². The molecule has 0 amide bonds. The van der Waals surface area contributed by atoms with Crippen molar-refractivity contribution in [2.24, 2.45) is 11.6 Å². The van der Waals surface area contributed by atoms with Gasteiger partial charge in [0.1, 0.15) is 6.07 Å². The number of benzene rings is 1. The van der Waals surface area contributed by atoms with Crippen molar-refractivity contribution in [1.29, 1.82) is 5.26 Å². The Labute approximate surface area is 134 Å². The number of aromatic nitrogens is 1. The Balaban J connectivity index is 2.41. The summed E-state index contributed by atoms with van der Waals surface area (Å²) in [5, 5.41) is 8.94. The number of ether oxygens (including phenoxy) is 2. The van der Waals surface area contributed by atoms with Crippen LogP contribution < -0.4 is 26.5 Å². The number of methoxy groups -OCH3 is 2. The molecule has 0 radical (unpaired) electrons. The van der Waals surface area contributed by atoms with Crippen LogP contribution in [0.15, 0.2) is 42.1 Å². The van der Waals surface area contributed by atoms with Gasteiger partial charge in [0.2, 0.25) is 11.8 Å². The molecule has 1 aromatic heterocycles. The third kappa shape index (κ3) is 3.33. The van der Waals surface area contributed by atoms with Crippen LogP contribution in [0.5, 0.6) is 11.8 Å². The summed E-state index contributed by atoms with van der Waals surface area (Å²) in [7, 11) is 3.09. The minimum absolute atomic E-state index is 0.112. The molecular formula is C16H17N5O2. The largest absolute Gasteiger partial charge is 0.481 e. The first-order chi connectivity index (χ1) is 11.1. The number of hydrogen-bond donors (Lipinski definition) is 3. The highest BCUT2D eigenvalue weighted by atomic mass is 16.5. The first kappa shape index (κ1) is 16.1. The topological polar surface area (TPSA) is 119 Å². The lowest BCUT2D eigenvalue weighted by atomic mass is 10.0. The van der Waals surface area contributed by atoms with E-state index in [2.05, 4.69) is 10.4 Å². The number of nitrogens with two attached hydrogens (primary N) is 2. The standard InChI is InChI=1S/C16H17N5O2/c1-22-14-8-7-12(16(20-14)23-2)10-3-5-11(6-4-10)15(18)13(9-17)21-19/h3-8,21H,18-19H2,1-2H3/b15-13-. The summed E-state index contributed by atoms with van der Waals surface area (Å²) in [6.45, 7) is 0. The normalized spacial score (nSPS) is 11.2. The molecule has 0 fully saturated rings. The molecule has 1 heterocycles. The molecule has 5 N–H and O–H groups in total. The van der Waals surface area contributed by atoms with Crippen LogP contribution in [-0.4, -0.2) is 19.2 Å². The van der Waals surface area contributed by atoms with Crippen LogP contribution in [0.25, 0.3) is 16.8 Å². The highest BCUT2D eigenvalue weighted by Crippen LogP contribution is 2.30. The van der Waals surface area contributed by atoms with Crippen molar-refractivity contribution >= 4 is 5.70 Å². The van der Waals surface area contributed by atoms with Crippen LogP contribution in [0.3, 0.4) is 0 Å². The third-order valence-electron chi connectivity index (χ3n) is 3.27. The third-order valence-corrected chi connectivity index (χ3v) is 3.27. The van der Waals surface area contributed by atoms with E-state index < -0.39 is 0 Å². The Morgan fingerprint density at radius 1 is 1.13 bits per heavy atom. The lowest BCUT2D eigenvalue weighted by molar-refractivity contribution is 0.366. The second-order valence-corrected chi connectivity index (χ2v) is 4.53. The molecule has 118 valence electrons. The van der Waals surface area contributed by atoms with Crippen molar-refractivity contribution in [2.45, 2.75) is 0 Å². The van der Waals surface area contributed by atoms with Gasteiger partial charge in [0, 0.05) is 17.2 Å². The Bertz CT molecular complexity index is 763. The van der Waals surface area contributed by atoms with E-state index in [1.54, 1.807) is 32.4 Å². The minimum Gasteiger partial charge on any atom is -0.481 e. The van der Waals surface area contributed by atoms with Crippen LogP contribution in [0.4, 0.5) is 0 Å². The van der Waals surface area contributed by atoms with Gasteiger partial charge >= 0.3 is 0 Å². The first-order valence-electron chi connectivity index (χ1n) is 6.70. The molecule has 0 saturated heterocycles. The van der Waals surface area contributed by atoms with Crippen LogP contribution in [0.2, 0.25) is 0 Å². The molecule has 2 aromatic rings. The van der Waals surface area contributed by atoms with Gasteiger partial charge in [0.15, 0.2) is 5.70 Å². The van der Waals surface area contributed by atoms with E-state index in [1.165, 1.54) is 0 Å². The zero-order chi connectivity index (χ0) is 16.8. The van der Waals surface area contributed by atoms with Crippen molar-refractivity contribution < 1.29 is 9.47 Å². The molecule has 0 aliphatic carbocycles. The molecule has 0 aliphatic heterocycles. The molecule has 2 rings (SSSR count). The van der Waals surface area contributed by atoms with E-state index in [9.17, 15) is 0 Å². The van der Waals surface area contributed by atoms with Gasteiger partial charge in [0.25, 0.3) is 0 Å². The predicted molar refractivity (Wildman–Crippen MR) is 86.8 cm³/mol. The number of nitriles is 1. The van der Waals surface area contributed by atoms with Gasteiger partial charge in [-0.3, -0.25) is 0 Å². The molecule has 0 aliphatic rings. The average Bonchev–Trinajstić information content (AvgIpc) is 2.62. The number of hydrazine groups is 1. The number of hydrogen-bond acceptors (Lipinski definition) is 7. The second-order valence-electron chi connectivity index (χ2n) is 4.53. The van der Waals surface area contributed by atoms with E-state index >= 15 is 0 Å². The molecular weight excluding hydrogens is 294 g/mol. The summed E-state index contributed by atoms with van der Waals surface area (Å²) in [5.74, 6) is 6.19. The fraction of sp³-hybridized carbons (Fsp3) is 0.125. The van der Waals surface area contributed by atoms with Gasteiger partial charge in [-0.2, -0.15) is 10.2 Å². The van der Waals surface area contributed by atoms with E-state index in [0.717, 1.165) is 11.1 Å². The second kappa shape index (κ2) is 7.15. The zero-order valence-electron chi connectivity index (χ0n) is 12.8. The average molecular weight is 311 g/mol. The number of rotatable bonds is 5. The predicted octanol–water partition coefficient (Wildman–Crippen LogP) is 1.38. The summed E-state index contributed by atoms with van der Waals surface area (Å²) in [4.78, 5) is 4.25. The number of nitrogens with one attached hydrogen (secondary N) is 1. The van der Waals surface area contributed by atoms with Crippen molar-refractivity contribution in [1.82, 2.24) is 10.4 Å². The molecule has 23 heavy (non-hydrogen) atoms. The molecule has 7 heteroatoms. The number of nitrogens with zero attached hydrogens (tertiary/aromatic N) is 2. The SMILES string of the molecule is COc1ccc(-c2ccc(/C(N)=C(\C#N)NN)cc2)c(OC)n1.